The molecule has 0 aromatic heterocycles. The molecule has 0 saturated carbocycles. The SMILES string of the molecule is CN(C)C1CCc2c(N)cccc2C(Oc2ccc([N+](=O)[O-])cc2)C1. The van der Waals surface area contributed by atoms with Crippen LogP contribution in [0.1, 0.15) is 30.1 Å². The number of fused-ring (bicyclic) bond motifs is 1. The van der Waals surface area contributed by atoms with Crippen LogP contribution in [-0.2, 0) is 6.42 Å². The highest BCUT2D eigenvalue weighted by Gasteiger charge is 2.28. The molecule has 2 aromatic rings. The summed E-state index contributed by atoms with van der Waals surface area (Å²) in [7, 11) is 4.15. The number of benzene rings is 2. The van der Waals surface area contributed by atoms with Crippen LogP contribution in [-0.4, -0.2) is 30.0 Å². The smallest absolute Gasteiger partial charge is 0.269 e. The van der Waals surface area contributed by atoms with Gasteiger partial charge in [0.1, 0.15) is 11.9 Å². The zero-order chi connectivity index (χ0) is 18.0. The topological polar surface area (TPSA) is 81.6 Å². The van der Waals surface area contributed by atoms with E-state index < -0.39 is 4.92 Å². The number of rotatable bonds is 4. The molecule has 25 heavy (non-hydrogen) atoms. The van der Waals surface area contributed by atoms with E-state index in [2.05, 4.69) is 25.1 Å². The third-order valence-corrected chi connectivity index (χ3v) is 4.87. The van der Waals surface area contributed by atoms with Crippen molar-refractivity contribution in [2.45, 2.75) is 31.4 Å². The normalized spacial score (nSPS) is 20.0. The molecule has 0 heterocycles. The number of nitrogen functional groups attached to an aromatic ring is 1. The molecule has 0 saturated heterocycles. The molecule has 1 aliphatic rings. The molecule has 3 rings (SSSR count). The Morgan fingerprint density at radius 3 is 2.56 bits per heavy atom. The number of hydrogen-bond donors (Lipinski definition) is 1. The maximum absolute atomic E-state index is 10.8. The predicted octanol–water partition coefficient (Wildman–Crippen LogP) is 3.56. The molecule has 132 valence electrons. The first-order chi connectivity index (χ1) is 12.0. The van der Waals surface area contributed by atoms with E-state index in [1.54, 1.807) is 12.1 Å². The fraction of sp³-hybridized carbons (Fsp3) is 0.368. The first kappa shape index (κ1) is 17.2. The molecule has 0 radical (unpaired) electrons. The van der Waals surface area contributed by atoms with Crippen LogP contribution in [0.3, 0.4) is 0 Å². The van der Waals surface area contributed by atoms with E-state index in [0.29, 0.717) is 11.8 Å². The average molecular weight is 341 g/mol. The van der Waals surface area contributed by atoms with E-state index in [1.165, 1.54) is 12.1 Å². The lowest BCUT2D eigenvalue weighted by Gasteiger charge is -2.27. The Kier molecular flexibility index (Phi) is 4.90. The summed E-state index contributed by atoms with van der Waals surface area (Å²) in [6.07, 6.45) is 2.66. The van der Waals surface area contributed by atoms with Crippen LogP contribution in [0, 0.1) is 10.1 Å². The molecule has 0 aliphatic heterocycles. The van der Waals surface area contributed by atoms with E-state index >= 15 is 0 Å². The van der Waals surface area contributed by atoms with Gasteiger partial charge in [-0.3, -0.25) is 10.1 Å². The van der Waals surface area contributed by atoms with Crippen LogP contribution in [0.4, 0.5) is 11.4 Å². The van der Waals surface area contributed by atoms with E-state index in [4.69, 9.17) is 10.5 Å². The van der Waals surface area contributed by atoms with Gasteiger partial charge in [0.25, 0.3) is 5.69 Å². The quantitative estimate of drug-likeness (QED) is 0.398. The minimum absolute atomic E-state index is 0.0593. The predicted molar refractivity (Wildman–Crippen MR) is 97.7 cm³/mol. The van der Waals surface area contributed by atoms with Gasteiger partial charge in [-0.15, -0.1) is 0 Å². The van der Waals surface area contributed by atoms with Crippen LogP contribution in [0.2, 0.25) is 0 Å². The molecular weight excluding hydrogens is 318 g/mol. The van der Waals surface area contributed by atoms with Gasteiger partial charge in [0.2, 0.25) is 0 Å². The van der Waals surface area contributed by atoms with Crippen molar-refractivity contribution in [3.05, 3.63) is 63.7 Å². The second-order valence-electron chi connectivity index (χ2n) is 6.66. The molecule has 0 bridgehead atoms. The molecule has 0 fully saturated rings. The van der Waals surface area contributed by atoms with Crippen molar-refractivity contribution in [1.29, 1.82) is 0 Å². The summed E-state index contributed by atoms with van der Waals surface area (Å²) in [5.41, 5.74) is 9.32. The van der Waals surface area contributed by atoms with Gasteiger partial charge < -0.3 is 15.4 Å². The van der Waals surface area contributed by atoms with Gasteiger partial charge >= 0.3 is 0 Å². The van der Waals surface area contributed by atoms with Crippen LogP contribution >= 0.6 is 0 Å². The third kappa shape index (κ3) is 3.74. The summed E-state index contributed by atoms with van der Waals surface area (Å²) in [5.74, 6) is 0.628. The highest BCUT2D eigenvalue weighted by atomic mass is 16.6. The Bertz CT molecular complexity index is 759. The Balaban J connectivity index is 1.91. The number of nitrogens with zero attached hydrogens (tertiary/aromatic N) is 2. The molecule has 6 heteroatoms. The van der Waals surface area contributed by atoms with Crippen molar-refractivity contribution < 1.29 is 9.66 Å². The number of non-ortho nitro benzene ring substituents is 1. The highest BCUT2D eigenvalue weighted by Crippen LogP contribution is 2.36. The van der Waals surface area contributed by atoms with Gasteiger partial charge in [0.05, 0.1) is 4.92 Å². The first-order valence-corrected chi connectivity index (χ1v) is 8.40. The molecule has 2 aromatic carbocycles. The van der Waals surface area contributed by atoms with Gasteiger partial charge in [-0.1, -0.05) is 12.1 Å². The number of nitro groups is 1. The molecule has 0 amide bonds. The van der Waals surface area contributed by atoms with Gasteiger partial charge in [-0.25, -0.2) is 0 Å². The molecule has 0 spiro atoms. The van der Waals surface area contributed by atoms with Gasteiger partial charge in [0.15, 0.2) is 0 Å². The summed E-state index contributed by atoms with van der Waals surface area (Å²) < 4.78 is 6.23. The summed E-state index contributed by atoms with van der Waals surface area (Å²) >= 11 is 0. The molecule has 6 nitrogen and oxygen atoms in total. The van der Waals surface area contributed by atoms with E-state index in [-0.39, 0.29) is 11.8 Å². The monoisotopic (exact) mass is 341 g/mol. The first-order valence-electron chi connectivity index (χ1n) is 8.40. The van der Waals surface area contributed by atoms with Crippen molar-refractivity contribution >= 4 is 11.4 Å². The maximum atomic E-state index is 10.8. The second-order valence-corrected chi connectivity index (χ2v) is 6.66. The van der Waals surface area contributed by atoms with Crippen LogP contribution in [0.25, 0.3) is 0 Å². The molecule has 2 atom stereocenters. The van der Waals surface area contributed by atoms with Gasteiger partial charge in [0, 0.05) is 30.3 Å². The third-order valence-electron chi connectivity index (χ3n) is 4.87. The van der Waals surface area contributed by atoms with E-state index in [1.807, 2.05) is 12.1 Å². The molecule has 2 unspecified atom stereocenters. The highest BCUT2D eigenvalue weighted by molar-refractivity contribution is 5.52. The van der Waals surface area contributed by atoms with Crippen LogP contribution < -0.4 is 10.5 Å². The lowest BCUT2D eigenvalue weighted by Crippen LogP contribution is -2.30. The lowest BCUT2D eigenvalue weighted by molar-refractivity contribution is -0.384. The summed E-state index contributed by atoms with van der Waals surface area (Å²) in [6, 6.07) is 12.6. The number of ether oxygens (including phenoxy) is 1. The second kappa shape index (κ2) is 7.11. The van der Waals surface area contributed by atoms with E-state index in [0.717, 1.165) is 36.1 Å². The van der Waals surface area contributed by atoms with Gasteiger partial charge in [-0.05, 0) is 56.3 Å². The maximum Gasteiger partial charge on any atom is 0.269 e. The minimum atomic E-state index is -0.409. The fourth-order valence-electron chi connectivity index (χ4n) is 3.41. The zero-order valence-electron chi connectivity index (χ0n) is 14.5. The van der Waals surface area contributed by atoms with Crippen LogP contribution in [0.5, 0.6) is 5.75 Å². The standard InChI is InChI=1S/C19H23N3O3/c1-21(2)14-8-11-16-17(4-3-5-18(16)20)19(12-14)25-15-9-6-13(7-10-15)22(23)24/h3-7,9-10,14,19H,8,11-12,20H2,1-2H3. The summed E-state index contributed by atoms with van der Waals surface area (Å²) in [5, 5.41) is 10.8. The Labute approximate surface area is 147 Å². The fourth-order valence-corrected chi connectivity index (χ4v) is 3.41. The van der Waals surface area contributed by atoms with Crippen molar-refractivity contribution in [1.82, 2.24) is 4.90 Å². The summed E-state index contributed by atoms with van der Waals surface area (Å²) in [4.78, 5) is 12.6. The Morgan fingerprint density at radius 1 is 1.20 bits per heavy atom. The summed E-state index contributed by atoms with van der Waals surface area (Å²) in [6.45, 7) is 0. The van der Waals surface area contributed by atoms with Crippen molar-refractivity contribution in [2.24, 2.45) is 0 Å². The molecule has 1 aliphatic carbocycles. The molecular formula is C19H23N3O3. The minimum Gasteiger partial charge on any atom is -0.486 e. The Hall–Kier alpha value is -2.60. The lowest BCUT2D eigenvalue weighted by atomic mass is 9.99. The number of hydrogen-bond acceptors (Lipinski definition) is 5. The number of nitro benzene ring substituents is 1. The van der Waals surface area contributed by atoms with Crippen molar-refractivity contribution in [3.8, 4) is 5.75 Å². The number of nitrogens with two attached hydrogens (primary N) is 1. The molecule has 2 N–H and O–H groups in total. The van der Waals surface area contributed by atoms with Crippen molar-refractivity contribution in [3.63, 3.8) is 0 Å². The largest absolute Gasteiger partial charge is 0.486 e. The Morgan fingerprint density at radius 2 is 1.92 bits per heavy atom. The van der Waals surface area contributed by atoms with Gasteiger partial charge in [-0.2, -0.15) is 0 Å². The van der Waals surface area contributed by atoms with E-state index in [9.17, 15) is 10.1 Å². The zero-order valence-corrected chi connectivity index (χ0v) is 14.5. The van der Waals surface area contributed by atoms with Crippen LogP contribution in [0.15, 0.2) is 42.5 Å². The van der Waals surface area contributed by atoms with Crippen molar-refractivity contribution in [2.75, 3.05) is 19.8 Å². The number of anilines is 1. The average Bonchev–Trinajstić information content (AvgIpc) is 2.76.